The molecule has 212 valence electrons. The molecule has 4 aliphatic rings. The van der Waals surface area contributed by atoms with Crippen LogP contribution in [0.4, 0.5) is 10.1 Å². The van der Waals surface area contributed by atoms with Crippen LogP contribution in [-0.4, -0.2) is 51.3 Å². The lowest BCUT2D eigenvalue weighted by Gasteiger charge is -2.49. The monoisotopic (exact) mass is 580 g/mol. The van der Waals surface area contributed by atoms with Gasteiger partial charge < -0.3 is 10.2 Å². The molecule has 1 saturated carbocycles. The number of carbonyl (C=O) groups excluding carboxylic acids is 4. The van der Waals surface area contributed by atoms with Crippen LogP contribution in [-0.2, 0) is 24.0 Å². The Bertz CT molecular complexity index is 1560. The Kier molecular flexibility index (Phi) is 6.29. The van der Waals surface area contributed by atoms with Crippen molar-refractivity contribution in [3.63, 3.8) is 0 Å². The average Bonchev–Trinajstić information content (AvgIpc) is 3.29. The number of carboxylic acid groups (broad SMARTS) is 1. The van der Waals surface area contributed by atoms with Crippen molar-refractivity contribution in [2.75, 3.05) is 11.4 Å². The van der Waals surface area contributed by atoms with Crippen LogP contribution in [0.25, 0.3) is 0 Å². The molecule has 2 aliphatic carbocycles. The molecule has 6 atom stereocenters. The van der Waals surface area contributed by atoms with E-state index in [1.165, 1.54) is 24.3 Å². The largest absolute Gasteiger partial charge is 0.508 e. The Hall–Kier alpha value is -4.05. The van der Waals surface area contributed by atoms with Crippen molar-refractivity contribution in [3.8, 4) is 5.75 Å². The van der Waals surface area contributed by atoms with Crippen LogP contribution < -0.4 is 4.90 Å². The van der Waals surface area contributed by atoms with E-state index in [0.29, 0.717) is 5.56 Å². The molecular weight excluding hydrogens is 555 g/mol. The van der Waals surface area contributed by atoms with E-state index in [0.717, 1.165) is 21.4 Å². The fourth-order valence-electron chi connectivity index (χ4n) is 7.43. The highest BCUT2D eigenvalue weighted by Gasteiger charge is 2.67. The summed E-state index contributed by atoms with van der Waals surface area (Å²) in [4.78, 5) is 68.3. The first-order chi connectivity index (χ1) is 19.4. The second kappa shape index (κ2) is 9.51. The van der Waals surface area contributed by atoms with Crippen LogP contribution >= 0.6 is 11.6 Å². The van der Waals surface area contributed by atoms with E-state index in [1.807, 2.05) is 6.08 Å². The number of carboxylic acids is 1. The lowest BCUT2D eigenvalue weighted by Crippen LogP contribution is -2.48. The molecular formula is C30H26ClFN2O7. The van der Waals surface area contributed by atoms with Gasteiger partial charge in [-0.05, 0) is 61.6 Å². The second-order valence-corrected chi connectivity index (χ2v) is 11.7. The molecule has 6 rings (SSSR count). The molecule has 41 heavy (non-hydrogen) atoms. The summed E-state index contributed by atoms with van der Waals surface area (Å²) in [5.74, 6) is -7.28. The van der Waals surface area contributed by atoms with Crippen molar-refractivity contribution in [1.82, 2.24) is 4.90 Å². The molecule has 0 aromatic heterocycles. The molecule has 11 heteroatoms. The first-order valence-corrected chi connectivity index (χ1v) is 13.7. The number of hydrogen-bond acceptors (Lipinski definition) is 6. The first kappa shape index (κ1) is 27.1. The minimum Gasteiger partial charge on any atom is -0.508 e. The highest BCUT2D eigenvalue weighted by atomic mass is 35.5. The summed E-state index contributed by atoms with van der Waals surface area (Å²) in [5.41, 5.74) is 0.258. The lowest BCUT2D eigenvalue weighted by atomic mass is 9.51. The summed E-state index contributed by atoms with van der Waals surface area (Å²) in [5, 5.41) is 18.8. The van der Waals surface area contributed by atoms with E-state index >= 15 is 0 Å². The van der Waals surface area contributed by atoms with E-state index in [9.17, 15) is 33.5 Å². The first-order valence-electron chi connectivity index (χ1n) is 13.3. The van der Waals surface area contributed by atoms with Gasteiger partial charge in [0, 0.05) is 12.5 Å². The summed E-state index contributed by atoms with van der Waals surface area (Å²) in [6.07, 6.45) is 1.87. The maximum absolute atomic E-state index is 14.2. The number of phenols is 1. The number of carbonyl (C=O) groups is 5. The number of aliphatic carboxylic acids is 1. The van der Waals surface area contributed by atoms with Gasteiger partial charge in [-0.2, -0.15) is 0 Å². The van der Waals surface area contributed by atoms with Gasteiger partial charge in [0.15, 0.2) is 0 Å². The number of hydrogen-bond donors (Lipinski definition) is 2. The number of fused-ring (bicyclic) bond motifs is 4. The van der Waals surface area contributed by atoms with Gasteiger partial charge in [0.05, 0.1) is 40.3 Å². The van der Waals surface area contributed by atoms with Crippen LogP contribution in [0.2, 0.25) is 5.02 Å². The minimum absolute atomic E-state index is 0.0162. The van der Waals surface area contributed by atoms with E-state index in [-0.39, 0.29) is 42.3 Å². The number of anilines is 1. The average molecular weight is 581 g/mol. The summed E-state index contributed by atoms with van der Waals surface area (Å²) in [6.45, 7) is 1.48. The Morgan fingerprint density at radius 1 is 1.05 bits per heavy atom. The van der Waals surface area contributed by atoms with Crippen LogP contribution in [0.3, 0.4) is 0 Å². The fourth-order valence-corrected chi connectivity index (χ4v) is 7.60. The number of aromatic hydroxyl groups is 1. The number of benzene rings is 2. The highest BCUT2D eigenvalue weighted by Crippen LogP contribution is 2.63. The molecule has 0 bridgehead atoms. The molecule has 2 aromatic rings. The van der Waals surface area contributed by atoms with Crippen LogP contribution in [0, 0.1) is 34.9 Å². The van der Waals surface area contributed by atoms with Crippen LogP contribution in [0.1, 0.15) is 37.7 Å². The molecule has 6 unspecified atom stereocenters. The van der Waals surface area contributed by atoms with Crippen LogP contribution in [0.5, 0.6) is 5.75 Å². The molecule has 0 radical (unpaired) electrons. The Morgan fingerprint density at radius 2 is 1.76 bits per heavy atom. The maximum Gasteiger partial charge on any atom is 0.305 e. The van der Waals surface area contributed by atoms with Gasteiger partial charge in [-0.25, -0.2) is 9.29 Å². The van der Waals surface area contributed by atoms with E-state index in [4.69, 9.17) is 16.7 Å². The molecule has 0 spiro atoms. The van der Waals surface area contributed by atoms with E-state index in [1.54, 1.807) is 19.1 Å². The normalized spacial score (nSPS) is 30.7. The molecule has 2 aromatic carbocycles. The number of phenolic OH excluding ortho intramolecular Hbond substituents is 1. The number of nitrogens with zero attached hydrogens (tertiary/aromatic N) is 2. The minimum atomic E-state index is -1.29. The number of rotatable bonds is 5. The van der Waals surface area contributed by atoms with Gasteiger partial charge in [0.2, 0.25) is 23.6 Å². The van der Waals surface area contributed by atoms with Crippen molar-refractivity contribution in [2.45, 2.75) is 32.1 Å². The summed E-state index contributed by atoms with van der Waals surface area (Å²) in [6, 6.07) is 9.95. The van der Waals surface area contributed by atoms with Crippen molar-refractivity contribution >= 4 is 46.9 Å². The highest BCUT2D eigenvalue weighted by molar-refractivity contribution is 6.31. The van der Waals surface area contributed by atoms with Gasteiger partial charge in [-0.3, -0.25) is 28.9 Å². The predicted octanol–water partition coefficient (Wildman–Crippen LogP) is 3.89. The second-order valence-electron chi connectivity index (χ2n) is 11.3. The van der Waals surface area contributed by atoms with E-state index < -0.39 is 70.4 Å². The van der Waals surface area contributed by atoms with Gasteiger partial charge >= 0.3 is 5.97 Å². The molecule has 3 fully saturated rings. The van der Waals surface area contributed by atoms with E-state index in [2.05, 4.69) is 0 Å². The smallest absolute Gasteiger partial charge is 0.305 e. The Morgan fingerprint density at radius 3 is 2.41 bits per heavy atom. The van der Waals surface area contributed by atoms with Gasteiger partial charge in [-0.15, -0.1) is 0 Å². The number of amides is 4. The standard InChI is InChI=1S/C30H26ClFN2O7/c1-30-20(27(39)34(29(30)41)15-4-9-22(32)21(31)12-15)13-19-17(25(30)14-2-5-16(35)6-3-14)7-8-18-24(19)28(40)33(26(18)38)11-10-23(36)37/h2-7,9,12,18-20,24-25,35H,8,10-11,13H2,1H3,(H,36,37). The van der Waals surface area contributed by atoms with Gasteiger partial charge in [0.25, 0.3) is 0 Å². The zero-order chi connectivity index (χ0) is 29.4. The van der Waals surface area contributed by atoms with Crippen molar-refractivity contribution in [1.29, 1.82) is 0 Å². The quantitative estimate of drug-likeness (QED) is 0.405. The zero-order valence-corrected chi connectivity index (χ0v) is 22.7. The molecule has 4 amide bonds. The molecule has 9 nitrogen and oxygen atoms in total. The molecule has 2 saturated heterocycles. The van der Waals surface area contributed by atoms with Crippen molar-refractivity contribution in [2.24, 2.45) is 29.1 Å². The molecule has 2 aliphatic heterocycles. The molecule has 2 N–H and O–H groups in total. The SMILES string of the molecule is CC12C(=O)N(c3ccc(F)c(Cl)c3)C(=O)C1CC1C(=CCC3C(=O)N(CCC(=O)O)C(=O)C31)C2c1ccc(O)cc1. The summed E-state index contributed by atoms with van der Waals surface area (Å²) in [7, 11) is 0. The third kappa shape index (κ3) is 3.91. The van der Waals surface area contributed by atoms with Gasteiger partial charge in [0.1, 0.15) is 11.6 Å². The predicted molar refractivity (Wildman–Crippen MR) is 143 cm³/mol. The number of allylic oxidation sites excluding steroid dienone is 2. The van der Waals surface area contributed by atoms with Crippen LogP contribution in [0.15, 0.2) is 54.1 Å². The zero-order valence-electron chi connectivity index (χ0n) is 21.9. The van der Waals surface area contributed by atoms with Crippen molar-refractivity contribution in [3.05, 3.63) is 70.5 Å². The third-order valence-corrected chi connectivity index (χ3v) is 9.59. The Balaban J connectivity index is 1.47. The number of likely N-dealkylation sites (tertiary alicyclic amines) is 1. The molecule has 2 heterocycles. The number of imide groups is 2. The topological polar surface area (TPSA) is 132 Å². The maximum atomic E-state index is 14.2. The summed E-state index contributed by atoms with van der Waals surface area (Å²) < 4.78 is 13.9. The Labute approximate surface area is 239 Å². The fraction of sp³-hybridized carbons (Fsp3) is 0.367. The third-order valence-electron chi connectivity index (χ3n) is 9.30. The summed E-state index contributed by atoms with van der Waals surface area (Å²) >= 11 is 6.00. The van der Waals surface area contributed by atoms with Gasteiger partial charge in [-0.1, -0.05) is 35.4 Å². The lowest BCUT2D eigenvalue weighted by molar-refractivity contribution is -0.142. The number of halogens is 2. The van der Waals surface area contributed by atoms with Crippen molar-refractivity contribution < 1.29 is 38.6 Å².